The number of ether oxygens (including phenoxy) is 1. The molecule has 0 bridgehead atoms. The Morgan fingerprint density at radius 3 is 2.80 bits per heavy atom. The maximum atomic E-state index is 11.0. The van der Waals surface area contributed by atoms with Gasteiger partial charge in [-0.3, -0.25) is 0 Å². The molecule has 1 atom stereocenters. The summed E-state index contributed by atoms with van der Waals surface area (Å²) in [4.78, 5) is 11.0. The predicted molar refractivity (Wildman–Crippen MR) is 60.7 cm³/mol. The van der Waals surface area contributed by atoms with E-state index in [-0.39, 0.29) is 12.2 Å². The number of nitrogens with one attached hydrogen (secondary N) is 1. The van der Waals surface area contributed by atoms with Gasteiger partial charge in [0, 0.05) is 23.9 Å². The molecule has 1 heterocycles. The SMILES string of the molecule is O=C1NCC[C@H](Cc2ccc(Br)cc2)O1. The number of benzene rings is 1. The van der Waals surface area contributed by atoms with Gasteiger partial charge in [-0.15, -0.1) is 0 Å². The minimum Gasteiger partial charge on any atom is -0.446 e. The van der Waals surface area contributed by atoms with Crippen molar-refractivity contribution >= 4 is 22.0 Å². The number of amides is 1. The lowest BCUT2D eigenvalue weighted by Gasteiger charge is -2.23. The quantitative estimate of drug-likeness (QED) is 0.896. The summed E-state index contributed by atoms with van der Waals surface area (Å²) in [6, 6.07) is 8.08. The third kappa shape index (κ3) is 2.96. The average molecular weight is 270 g/mol. The van der Waals surface area contributed by atoms with Crippen LogP contribution in [0.1, 0.15) is 12.0 Å². The molecule has 1 amide bonds. The number of carbonyl (C=O) groups excluding carboxylic acids is 1. The molecule has 0 radical (unpaired) electrons. The second kappa shape index (κ2) is 4.66. The Labute approximate surface area is 96.9 Å². The Kier molecular flexibility index (Phi) is 3.26. The van der Waals surface area contributed by atoms with Crippen LogP contribution in [0.3, 0.4) is 0 Å². The molecule has 80 valence electrons. The van der Waals surface area contributed by atoms with E-state index in [0.29, 0.717) is 6.54 Å². The van der Waals surface area contributed by atoms with Crippen molar-refractivity contribution in [1.82, 2.24) is 5.32 Å². The van der Waals surface area contributed by atoms with Gasteiger partial charge in [-0.05, 0) is 17.7 Å². The van der Waals surface area contributed by atoms with Crippen LogP contribution in [0.2, 0.25) is 0 Å². The molecular weight excluding hydrogens is 258 g/mol. The zero-order chi connectivity index (χ0) is 10.7. The molecule has 0 saturated carbocycles. The highest BCUT2D eigenvalue weighted by atomic mass is 79.9. The number of hydrogen-bond acceptors (Lipinski definition) is 2. The monoisotopic (exact) mass is 269 g/mol. The van der Waals surface area contributed by atoms with Crippen LogP contribution < -0.4 is 5.32 Å². The summed E-state index contributed by atoms with van der Waals surface area (Å²) in [5.74, 6) is 0. The summed E-state index contributed by atoms with van der Waals surface area (Å²) in [6.07, 6.45) is 1.38. The van der Waals surface area contributed by atoms with E-state index in [0.717, 1.165) is 17.3 Å². The molecule has 1 aromatic carbocycles. The van der Waals surface area contributed by atoms with E-state index < -0.39 is 0 Å². The van der Waals surface area contributed by atoms with Crippen LogP contribution in [-0.2, 0) is 11.2 Å². The molecule has 0 aromatic heterocycles. The summed E-state index contributed by atoms with van der Waals surface area (Å²) in [5.41, 5.74) is 1.19. The molecule has 1 saturated heterocycles. The summed E-state index contributed by atoms with van der Waals surface area (Å²) in [6.45, 7) is 0.708. The lowest BCUT2D eigenvalue weighted by atomic mass is 10.1. The first kappa shape index (κ1) is 10.5. The van der Waals surface area contributed by atoms with E-state index in [1.807, 2.05) is 24.3 Å². The van der Waals surface area contributed by atoms with Crippen molar-refractivity contribution < 1.29 is 9.53 Å². The second-order valence-electron chi connectivity index (χ2n) is 3.57. The molecule has 0 spiro atoms. The number of halogens is 1. The lowest BCUT2D eigenvalue weighted by molar-refractivity contribution is 0.0743. The highest BCUT2D eigenvalue weighted by Crippen LogP contribution is 2.15. The summed E-state index contributed by atoms with van der Waals surface area (Å²) in [5, 5.41) is 2.64. The molecule has 1 aliphatic rings. The molecule has 1 aliphatic heterocycles. The largest absolute Gasteiger partial charge is 0.446 e. The first-order valence-corrected chi connectivity index (χ1v) is 5.72. The van der Waals surface area contributed by atoms with Crippen LogP contribution in [0, 0.1) is 0 Å². The van der Waals surface area contributed by atoms with Crippen LogP contribution in [0.4, 0.5) is 4.79 Å². The first-order valence-electron chi connectivity index (χ1n) is 4.93. The third-order valence-corrected chi connectivity index (χ3v) is 2.91. The molecule has 2 rings (SSSR count). The highest BCUT2D eigenvalue weighted by Gasteiger charge is 2.19. The van der Waals surface area contributed by atoms with Crippen molar-refractivity contribution in [2.75, 3.05) is 6.54 Å². The molecule has 3 nitrogen and oxygen atoms in total. The molecule has 1 N–H and O–H groups in total. The first-order chi connectivity index (χ1) is 7.24. The van der Waals surface area contributed by atoms with E-state index >= 15 is 0 Å². The van der Waals surface area contributed by atoms with Gasteiger partial charge in [-0.25, -0.2) is 4.79 Å². The lowest BCUT2D eigenvalue weighted by Crippen LogP contribution is -2.38. The van der Waals surface area contributed by atoms with Crippen LogP contribution in [0.25, 0.3) is 0 Å². The summed E-state index contributed by atoms with van der Waals surface area (Å²) < 4.78 is 6.22. The van der Waals surface area contributed by atoms with Gasteiger partial charge in [0.1, 0.15) is 6.10 Å². The smallest absolute Gasteiger partial charge is 0.407 e. The van der Waals surface area contributed by atoms with Gasteiger partial charge in [0.05, 0.1) is 0 Å². The zero-order valence-electron chi connectivity index (χ0n) is 8.20. The van der Waals surface area contributed by atoms with E-state index in [9.17, 15) is 4.79 Å². The Morgan fingerprint density at radius 2 is 2.13 bits per heavy atom. The summed E-state index contributed by atoms with van der Waals surface area (Å²) >= 11 is 3.38. The van der Waals surface area contributed by atoms with Crippen LogP contribution in [0.5, 0.6) is 0 Å². The van der Waals surface area contributed by atoms with Gasteiger partial charge in [0.15, 0.2) is 0 Å². The fraction of sp³-hybridized carbons (Fsp3) is 0.364. The van der Waals surface area contributed by atoms with Gasteiger partial charge in [0.2, 0.25) is 0 Å². The maximum absolute atomic E-state index is 11.0. The molecule has 0 unspecified atom stereocenters. The standard InChI is InChI=1S/C11H12BrNO2/c12-9-3-1-8(2-4-9)7-10-5-6-13-11(14)15-10/h1-4,10H,5-7H2,(H,13,14)/t10-/m1/s1. The van der Waals surface area contributed by atoms with Crippen molar-refractivity contribution in [1.29, 1.82) is 0 Å². The molecular formula is C11H12BrNO2. The van der Waals surface area contributed by atoms with E-state index in [1.54, 1.807) is 0 Å². The fourth-order valence-electron chi connectivity index (χ4n) is 1.61. The molecule has 0 aliphatic carbocycles. The maximum Gasteiger partial charge on any atom is 0.407 e. The zero-order valence-corrected chi connectivity index (χ0v) is 9.79. The second-order valence-corrected chi connectivity index (χ2v) is 4.49. The molecule has 15 heavy (non-hydrogen) atoms. The van der Waals surface area contributed by atoms with Gasteiger partial charge in [-0.2, -0.15) is 0 Å². The van der Waals surface area contributed by atoms with Crippen molar-refractivity contribution in [3.8, 4) is 0 Å². The van der Waals surface area contributed by atoms with E-state index in [1.165, 1.54) is 5.56 Å². The van der Waals surface area contributed by atoms with E-state index in [4.69, 9.17) is 4.74 Å². The minimum absolute atomic E-state index is 0.0138. The normalized spacial score (nSPS) is 20.6. The molecule has 1 aromatic rings. The van der Waals surface area contributed by atoms with Gasteiger partial charge < -0.3 is 10.1 Å². The minimum atomic E-state index is -0.302. The van der Waals surface area contributed by atoms with Crippen molar-refractivity contribution in [2.45, 2.75) is 18.9 Å². The Morgan fingerprint density at radius 1 is 1.40 bits per heavy atom. The van der Waals surface area contributed by atoms with Crippen LogP contribution in [0.15, 0.2) is 28.7 Å². The fourth-order valence-corrected chi connectivity index (χ4v) is 1.88. The molecule has 4 heteroatoms. The number of cyclic esters (lactones) is 1. The average Bonchev–Trinajstić information content (AvgIpc) is 2.22. The van der Waals surface area contributed by atoms with Gasteiger partial charge in [0.25, 0.3) is 0 Å². The van der Waals surface area contributed by atoms with E-state index in [2.05, 4.69) is 21.2 Å². The predicted octanol–water partition coefficient (Wildman–Crippen LogP) is 2.49. The summed E-state index contributed by atoms with van der Waals surface area (Å²) in [7, 11) is 0. The van der Waals surface area contributed by atoms with Crippen molar-refractivity contribution in [3.63, 3.8) is 0 Å². The number of alkyl carbamates (subject to hydrolysis) is 1. The van der Waals surface area contributed by atoms with Crippen LogP contribution in [-0.4, -0.2) is 18.7 Å². The van der Waals surface area contributed by atoms with Gasteiger partial charge in [-0.1, -0.05) is 28.1 Å². The van der Waals surface area contributed by atoms with Gasteiger partial charge >= 0.3 is 6.09 Å². The Hall–Kier alpha value is -1.03. The Bertz CT molecular complexity index is 350. The van der Waals surface area contributed by atoms with Crippen LogP contribution >= 0.6 is 15.9 Å². The Balaban J connectivity index is 1.96. The third-order valence-electron chi connectivity index (χ3n) is 2.39. The van der Waals surface area contributed by atoms with Crippen molar-refractivity contribution in [3.05, 3.63) is 34.3 Å². The number of carbonyl (C=O) groups is 1. The number of rotatable bonds is 2. The topological polar surface area (TPSA) is 38.3 Å². The van der Waals surface area contributed by atoms with Crippen molar-refractivity contribution in [2.24, 2.45) is 0 Å². The highest BCUT2D eigenvalue weighted by molar-refractivity contribution is 9.10. The molecule has 1 fully saturated rings. The number of hydrogen-bond donors (Lipinski definition) is 1.